The maximum absolute atomic E-state index is 6.06. The lowest BCUT2D eigenvalue weighted by Gasteiger charge is -2.10. The monoisotopic (exact) mass is 603 g/mol. The van der Waals surface area contributed by atoms with Crippen molar-refractivity contribution in [2.75, 3.05) is 0 Å². The lowest BCUT2D eigenvalue weighted by molar-refractivity contribution is 0.655. The summed E-state index contributed by atoms with van der Waals surface area (Å²) in [4.78, 5) is 24.3. The molecule has 9 aromatic rings. The quantitative estimate of drug-likeness (QED) is 0.195. The molecule has 0 aliphatic carbocycles. The van der Waals surface area contributed by atoms with Crippen LogP contribution in [-0.2, 0) is 0 Å². The van der Waals surface area contributed by atoms with Gasteiger partial charge < -0.3 is 4.42 Å². The van der Waals surface area contributed by atoms with Gasteiger partial charge in [0.15, 0.2) is 17.5 Å². The van der Waals surface area contributed by atoms with Gasteiger partial charge in [0.25, 0.3) is 0 Å². The Morgan fingerprint density at radius 2 is 0.766 bits per heavy atom. The maximum atomic E-state index is 6.06. The topological polar surface area (TPSA) is 77.6 Å². The van der Waals surface area contributed by atoms with Crippen LogP contribution in [0.25, 0.3) is 89.7 Å². The first-order chi connectivity index (χ1) is 23.2. The first kappa shape index (κ1) is 26.8. The van der Waals surface area contributed by atoms with E-state index in [0.717, 1.165) is 60.9 Å². The molecule has 6 aromatic carbocycles. The van der Waals surface area contributed by atoms with Crippen LogP contribution in [0.3, 0.4) is 0 Å². The van der Waals surface area contributed by atoms with Crippen molar-refractivity contribution < 1.29 is 4.42 Å². The minimum Gasteiger partial charge on any atom is -0.436 e. The van der Waals surface area contributed by atoms with Gasteiger partial charge >= 0.3 is 0 Å². The van der Waals surface area contributed by atoms with Crippen LogP contribution < -0.4 is 0 Å². The first-order valence-corrected chi connectivity index (χ1v) is 15.4. The molecule has 0 aliphatic rings. The number of furan rings is 1. The van der Waals surface area contributed by atoms with Crippen molar-refractivity contribution in [3.63, 3.8) is 0 Å². The number of hydrogen-bond donors (Lipinski definition) is 0. The van der Waals surface area contributed by atoms with Gasteiger partial charge in [-0.2, -0.15) is 0 Å². The maximum Gasteiger partial charge on any atom is 0.246 e. The lowest BCUT2D eigenvalue weighted by atomic mass is 10.0. The van der Waals surface area contributed by atoms with Gasteiger partial charge in [-0.1, -0.05) is 127 Å². The molecular formula is C41H25N5O. The van der Waals surface area contributed by atoms with Crippen LogP contribution in [-0.4, -0.2) is 24.9 Å². The van der Waals surface area contributed by atoms with Gasteiger partial charge in [0, 0.05) is 22.1 Å². The molecule has 9 rings (SSSR count). The molecule has 0 aliphatic heterocycles. The van der Waals surface area contributed by atoms with Crippen molar-refractivity contribution in [2.24, 2.45) is 0 Å². The summed E-state index contributed by atoms with van der Waals surface area (Å²) < 4.78 is 6.06. The van der Waals surface area contributed by atoms with Crippen LogP contribution in [0, 0.1) is 0 Å². The molecule has 3 heterocycles. The largest absolute Gasteiger partial charge is 0.436 e. The van der Waals surface area contributed by atoms with Crippen molar-refractivity contribution in [3.8, 4) is 56.4 Å². The van der Waals surface area contributed by atoms with Crippen molar-refractivity contribution in [3.05, 3.63) is 152 Å². The van der Waals surface area contributed by atoms with E-state index in [9.17, 15) is 0 Å². The Morgan fingerprint density at radius 3 is 1.36 bits per heavy atom. The zero-order chi connectivity index (χ0) is 31.2. The number of para-hydroxylation sites is 2. The molecule has 0 N–H and O–H groups in total. The van der Waals surface area contributed by atoms with Crippen LogP contribution in [0.5, 0.6) is 0 Å². The number of hydrogen-bond acceptors (Lipinski definition) is 6. The number of fused-ring (bicyclic) bond motifs is 4. The highest BCUT2D eigenvalue weighted by molar-refractivity contribution is 6.04. The minimum absolute atomic E-state index is 0.542. The van der Waals surface area contributed by atoms with Crippen LogP contribution in [0.1, 0.15) is 0 Å². The predicted octanol–water partition coefficient (Wildman–Crippen LogP) is 10.0. The molecule has 3 aromatic heterocycles. The molecule has 0 atom stereocenters. The van der Waals surface area contributed by atoms with Gasteiger partial charge in [0.05, 0.1) is 11.0 Å². The molecule has 0 bridgehead atoms. The molecule has 220 valence electrons. The van der Waals surface area contributed by atoms with E-state index in [4.69, 9.17) is 29.3 Å². The second kappa shape index (κ2) is 11.1. The molecule has 6 heteroatoms. The van der Waals surface area contributed by atoms with Gasteiger partial charge in [-0.05, 0) is 46.5 Å². The highest BCUT2D eigenvalue weighted by Gasteiger charge is 2.15. The van der Waals surface area contributed by atoms with Crippen molar-refractivity contribution in [1.82, 2.24) is 24.9 Å². The zero-order valence-corrected chi connectivity index (χ0v) is 25.1. The van der Waals surface area contributed by atoms with E-state index in [0.29, 0.717) is 23.2 Å². The summed E-state index contributed by atoms with van der Waals surface area (Å²) in [6, 6.07) is 51.1. The normalized spacial score (nSPS) is 11.4. The highest BCUT2D eigenvalue weighted by atomic mass is 16.3. The zero-order valence-electron chi connectivity index (χ0n) is 25.1. The fourth-order valence-electron chi connectivity index (χ4n) is 5.92. The number of aromatic nitrogens is 5. The molecule has 0 saturated carbocycles. The number of benzene rings is 6. The molecule has 0 spiro atoms. The highest BCUT2D eigenvalue weighted by Crippen LogP contribution is 2.33. The van der Waals surface area contributed by atoms with Crippen LogP contribution in [0.2, 0.25) is 0 Å². The van der Waals surface area contributed by atoms with Crippen LogP contribution in [0.15, 0.2) is 156 Å². The van der Waals surface area contributed by atoms with Crippen molar-refractivity contribution in [2.45, 2.75) is 0 Å². The summed E-state index contributed by atoms with van der Waals surface area (Å²) in [5.41, 5.74) is 10.9. The second-order valence-corrected chi connectivity index (χ2v) is 11.4. The van der Waals surface area contributed by atoms with Crippen molar-refractivity contribution in [1.29, 1.82) is 0 Å². The fraction of sp³-hybridized carbons (Fsp3) is 0. The predicted molar refractivity (Wildman–Crippen MR) is 187 cm³/mol. The summed E-state index contributed by atoms with van der Waals surface area (Å²) >= 11 is 0. The summed E-state index contributed by atoms with van der Waals surface area (Å²) in [6.07, 6.45) is 0. The average molecular weight is 604 g/mol. The molecule has 0 radical (unpaired) electrons. The third-order valence-corrected chi connectivity index (χ3v) is 8.37. The van der Waals surface area contributed by atoms with Gasteiger partial charge in [-0.3, -0.25) is 0 Å². The van der Waals surface area contributed by atoms with E-state index in [1.165, 1.54) is 5.56 Å². The fourth-order valence-corrected chi connectivity index (χ4v) is 5.92. The third-order valence-electron chi connectivity index (χ3n) is 8.37. The molecule has 0 unspecified atom stereocenters. The molecule has 0 amide bonds. The van der Waals surface area contributed by atoms with E-state index in [1.807, 2.05) is 78.9 Å². The average Bonchev–Trinajstić information content (AvgIpc) is 3.51. The van der Waals surface area contributed by atoms with E-state index >= 15 is 0 Å². The second-order valence-electron chi connectivity index (χ2n) is 11.4. The van der Waals surface area contributed by atoms with Gasteiger partial charge in [0.1, 0.15) is 11.1 Å². The standard InChI is InChI=1S/C41H25N5O/c1-3-9-26(10-4-1)27-15-19-30(20-16-27)39-44-38(29-11-5-2-6-12-29)45-40(46-39)31-21-17-28(18-22-31)32-23-24-36-33(25-32)37-41(47-36)43-35-14-8-7-13-34(35)42-37/h1-25H. The van der Waals surface area contributed by atoms with Crippen molar-refractivity contribution >= 4 is 33.2 Å². The van der Waals surface area contributed by atoms with E-state index in [-0.39, 0.29) is 0 Å². The molecule has 0 fully saturated rings. The Morgan fingerprint density at radius 1 is 0.340 bits per heavy atom. The Kier molecular flexibility index (Phi) is 6.35. The van der Waals surface area contributed by atoms with E-state index in [2.05, 4.69) is 72.8 Å². The Labute approximate surface area is 270 Å². The van der Waals surface area contributed by atoms with Crippen LogP contribution >= 0.6 is 0 Å². The summed E-state index contributed by atoms with van der Waals surface area (Å²) in [5.74, 6) is 1.88. The van der Waals surface area contributed by atoms with Gasteiger partial charge in [-0.25, -0.2) is 24.9 Å². The Balaban J connectivity index is 1.09. The smallest absolute Gasteiger partial charge is 0.246 e. The Bertz CT molecular complexity index is 2540. The molecule has 47 heavy (non-hydrogen) atoms. The number of nitrogens with zero attached hydrogens (tertiary/aromatic N) is 5. The SMILES string of the molecule is c1ccc(-c2ccc(-c3nc(-c4ccccc4)nc(-c4ccc(-c5ccc6oc7nc8ccccc8nc7c6c5)cc4)n3)cc2)cc1. The van der Waals surface area contributed by atoms with Crippen LogP contribution in [0.4, 0.5) is 0 Å². The van der Waals surface area contributed by atoms with Gasteiger partial charge in [0.2, 0.25) is 5.71 Å². The Hall–Kier alpha value is -6.53. The summed E-state index contributed by atoms with van der Waals surface area (Å²) in [5, 5.41) is 0.938. The molecule has 6 nitrogen and oxygen atoms in total. The molecule has 0 saturated heterocycles. The first-order valence-electron chi connectivity index (χ1n) is 15.4. The summed E-state index contributed by atoms with van der Waals surface area (Å²) in [6.45, 7) is 0. The van der Waals surface area contributed by atoms with E-state index < -0.39 is 0 Å². The van der Waals surface area contributed by atoms with E-state index in [1.54, 1.807) is 0 Å². The minimum atomic E-state index is 0.542. The summed E-state index contributed by atoms with van der Waals surface area (Å²) in [7, 11) is 0. The van der Waals surface area contributed by atoms with Gasteiger partial charge in [-0.15, -0.1) is 0 Å². The lowest BCUT2D eigenvalue weighted by Crippen LogP contribution is -2.00. The number of rotatable bonds is 5. The molecular weight excluding hydrogens is 578 g/mol. The third kappa shape index (κ3) is 4.98.